The predicted molar refractivity (Wildman–Crippen MR) is 98.6 cm³/mol. The summed E-state index contributed by atoms with van der Waals surface area (Å²) in [6.07, 6.45) is 8.11. The average Bonchev–Trinajstić information content (AvgIpc) is 2.85. The van der Waals surface area contributed by atoms with E-state index < -0.39 is 0 Å². The summed E-state index contributed by atoms with van der Waals surface area (Å²) in [5, 5.41) is 2.87. The minimum absolute atomic E-state index is 0.103. The maximum absolute atomic E-state index is 12.2. The third-order valence-electron chi connectivity index (χ3n) is 3.93. The smallest absolute Gasteiger partial charge is 0.256 e. The number of anilines is 1. The van der Waals surface area contributed by atoms with Gasteiger partial charge in [-0.2, -0.15) is 0 Å². The van der Waals surface area contributed by atoms with Crippen molar-refractivity contribution in [2.24, 2.45) is 0 Å². The minimum Gasteiger partial charge on any atom is -0.493 e. The number of allylic oxidation sites excluding steroid dienone is 5. The summed E-state index contributed by atoms with van der Waals surface area (Å²) < 4.78 is 10.6. The minimum atomic E-state index is -0.103. The number of hydrogen-bond donors (Lipinski definition) is 1. The molecule has 0 atom stereocenters. The molecule has 4 heteroatoms. The largest absolute Gasteiger partial charge is 0.493 e. The van der Waals surface area contributed by atoms with Gasteiger partial charge in [-0.1, -0.05) is 23.3 Å². The Morgan fingerprint density at radius 1 is 1.12 bits per heavy atom. The molecule has 1 N–H and O–H groups in total. The third kappa shape index (κ3) is 4.07. The van der Waals surface area contributed by atoms with Crippen LogP contribution in [0.4, 0.5) is 5.69 Å². The van der Waals surface area contributed by atoms with Crippen LogP contribution in [0.1, 0.15) is 39.2 Å². The molecule has 0 saturated heterocycles. The Morgan fingerprint density at radius 2 is 1.79 bits per heavy atom. The summed E-state index contributed by atoms with van der Waals surface area (Å²) >= 11 is 0. The van der Waals surface area contributed by atoms with Crippen molar-refractivity contribution < 1.29 is 14.3 Å². The molecule has 0 spiro atoms. The number of carbonyl (C=O) groups is 1. The molecule has 2 rings (SSSR count). The van der Waals surface area contributed by atoms with Crippen LogP contribution in [0.5, 0.6) is 11.5 Å². The molecule has 1 heterocycles. The van der Waals surface area contributed by atoms with Crippen molar-refractivity contribution >= 4 is 17.2 Å². The predicted octanol–water partition coefficient (Wildman–Crippen LogP) is 4.73. The van der Waals surface area contributed by atoms with Crippen molar-refractivity contribution in [1.29, 1.82) is 0 Å². The van der Waals surface area contributed by atoms with Gasteiger partial charge in [0.2, 0.25) is 0 Å². The van der Waals surface area contributed by atoms with E-state index >= 15 is 0 Å². The van der Waals surface area contributed by atoms with E-state index in [1.807, 2.05) is 18.2 Å². The van der Waals surface area contributed by atoms with E-state index in [0.717, 1.165) is 24.1 Å². The average molecular weight is 327 g/mol. The van der Waals surface area contributed by atoms with Gasteiger partial charge in [0.05, 0.1) is 19.9 Å². The molecule has 0 fully saturated rings. The first kappa shape index (κ1) is 17.9. The molecule has 0 bridgehead atoms. The lowest BCUT2D eigenvalue weighted by Gasteiger charge is -2.09. The van der Waals surface area contributed by atoms with Gasteiger partial charge in [-0.05, 0) is 45.8 Å². The van der Waals surface area contributed by atoms with Gasteiger partial charge >= 0.3 is 0 Å². The normalized spacial score (nSPS) is 15.1. The Kier molecular flexibility index (Phi) is 5.85. The van der Waals surface area contributed by atoms with Crippen LogP contribution in [0, 0.1) is 0 Å². The van der Waals surface area contributed by atoms with Crippen molar-refractivity contribution in [2.75, 3.05) is 19.5 Å². The molecule has 0 aliphatic carbocycles. The van der Waals surface area contributed by atoms with Crippen LogP contribution >= 0.6 is 0 Å². The van der Waals surface area contributed by atoms with Crippen LogP contribution in [0.2, 0.25) is 0 Å². The van der Waals surface area contributed by atoms with Crippen LogP contribution in [0.25, 0.3) is 5.57 Å². The number of methoxy groups -OCH3 is 2. The molecular weight excluding hydrogens is 302 g/mol. The highest BCUT2D eigenvalue weighted by Gasteiger charge is 2.26. The van der Waals surface area contributed by atoms with Crippen LogP contribution in [0.15, 0.2) is 41.5 Å². The number of fused-ring (bicyclic) bond motifs is 1. The highest BCUT2D eigenvalue weighted by molar-refractivity contribution is 6.32. The maximum Gasteiger partial charge on any atom is 0.256 e. The van der Waals surface area contributed by atoms with Crippen molar-refractivity contribution in [3.8, 4) is 11.5 Å². The zero-order chi connectivity index (χ0) is 17.7. The first-order valence-corrected chi connectivity index (χ1v) is 8.04. The molecule has 1 aromatic rings. The highest BCUT2D eigenvalue weighted by Crippen LogP contribution is 2.40. The van der Waals surface area contributed by atoms with Gasteiger partial charge in [0.25, 0.3) is 5.91 Å². The van der Waals surface area contributed by atoms with Crippen molar-refractivity contribution in [3.05, 3.63) is 47.1 Å². The molecule has 0 saturated carbocycles. The molecule has 24 heavy (non-hydrogen) atoms. The van der Waals surface area contributed by atoms with Crippen molar-refractivity contribution in [2.45, 2.75) is 33.6 Å². The summed E-state index contributed by atoms with van der Waals surface area (Å²) in [5.41, 5.74) is 4.80. The summed E-state index contributed by atoms with van der Waals surface area (Å²) in [4.78, 5) is 12.2. The van der Waals surface area contributed by atoms with Gasteiger partial charge in [-0.3, -0.25) is 4.79 Å². The number of rotatable bonds is 6. The van der Waals surface area contributed by atoms with Crippen LogP contribution in [-0.2, 0) is 4.79 Å². The van der Waals surface area contributed by atoms with E-state index in [9.17, 15) is 4.79 Å². The lowest BCUT2D eigenvalue weighted by atomic mass is 10.0. The van der Waals surface area contributed by atoms with E-state index in [1.165, 1.54) is 11.1 Å². The van der Waals surface area contributed by atoms with E-state index in [0.29, 0.717) is 17.1 Å². The molecule has 1 aliphatic rings. The topological polar surface area (TPSA) is 47.6 Å². The van der Waals surface area contributed by atoms with E-state index in [-0.39, 0.29) is 5.91 Å². The van der Waals surface area contributed by atoms with Crippen molar-refractivity contribution in [3.63, 3.8) is 0 Å². The Labute approximate surface area is 143 Å². The first-order chi connectivity index (χ1) is 11.5. The zero-order valence-corrected chi connectivity index (χ0v) is 15.0. The Hall–Kier alpha value is -2.49. The Morgan fingerprint density at radius 3 is 2.42 bits per heavy atom. The second-order valence-corrected chi connectivity index (χ2v) is 6.12. The lowest BCUT2D eigenvalue weighted by molar-refractivity contribution is -0.110. The standard InChI is InChI=1S/C20H25NO3/c1-13(2)7-6-8-14(3)9-10-15-16-11-18(23-4)19(24-5)12-17(16)21-20(15)22/h7,9-12H,6,8H2,1-5H3,(H,21,22). The van der Waals surface area contributed by atoms with E-state index in [2.05, 4.69) is 32.2 Å². The van der Waals surface area contributed by atoms with Gasteiger partial charge in [0, 0.05) is 17.2 Å². The Balaban J connectivity index is 2.26. The summed E-state index contributed by atoms with van der Waals surface area (Å²) in [6, 6.07) is 3.63. The van der Waals surface area contributed by atoms with E-state index in [1.54, 1.807) is 20.3 Å². The van der Waals surface area contributed by atoms with Crippen LogP contribution in [0.3, 0.4) is 0 Å². The molecule has 1 aromatic carbocycles. The number of benzene rings is 1. The lowest BCUT2D eigenvalue weighted by Crippen LogP contribution is -2.03. The van der Waals surface area contributed by atoms with Gasteiger partial charge in [0.1, 0.15) is 0 Å². The number of nitrogens with one attached hydrogen (secondary N) is 1. The number of ether oxygens (including phenoxy) is 2. The third-order valence-corrected chi connectivity index (χ3v) is 3.93. The summed E-state index contributed by atoms with van der Waals surface area (Å²) in [5.74, 6) is 1.11. The molecule has 1 aliphatic heterocycles. The quantitative estimate of drug-likeness (QED) is 0.607. The van der Waals surface area contributed by atoms with Crippen LogP contribution < -0.4 is 14.8 Å². The zero-order valence-electron chi connectivity index (χ0n) is 15.0. The van der Waals surface area contributed by atoms with Gasteiger partial charge in [-0.15, -0.1) is 0 Å². The fourth-order valence-electron chi connectivity index (χ4n) is 2.58. The number of carbonyl (C=O) groups excluding carboxylic acids is 1. The summed E-state index contributed by atoms with van der Waals surface area (Å²) in [7, 11) is 3.17. The monoisotopic (exact) mass is 327 g/mol. The van der Waals surface area contributed by atoms with E-state index in [4.69, 9.17) is 9.47 Å². The van der Waals surface area contributed by atoms with Gasteiger partial charge in [-0.25, -0.2) is 0 Å². The highest BCUT2D eigenvalue weighted by atomic mass is 16.5. The van der Waals surface area contributed by atoms with Crippen LogP contribution in [-0.4, -0.2) is 20.1 Å². The molecule has 128 valence electrons. The fraction of sp³-hybridized carbons (Fsp3) is 0.350. The number of amides is 1. The second kappa shape index (κ2) is 7.86. The SMILES string of the molecule is COc1cc2c(cc1OC)C(=CC=C(C)CCC=C(C)C)C(=O)N2. The Bertz CT molecular complexity index is 723. The maximum atomic E-state index is 12.2. The van der Waals surface area contributed by atoms with Gasteiger partial charge < -0.3 is 14.8 Å². The molecule has 4 nitrogen and oxygen atoms in total. The molecule has 1 amide bonds. The van der Waals surface area contributed by atoms with Gasteiger partial charge in [0.15, 0.2) is 11.5 Å². The molecule has 0 unspecified atom stereocenters. The van der Waals surface area contributed by atoms with Crippen molar-refractivity contribution in [1.82, 2.24) is 0 Å². The second-order valence-electron chi connectivity index (χ2n) is 6.12. The molecule has 0 aromatic heterocycles. The molecule has 0 radical (unpaired) electrons. The summed E-state index contributed by atoms with van der Waals surface area (Å²) in [6.45, 7) is 6.28. The number of hydrogen-bond acceptors (Lipinski definition) is 3. The molecular formula is C20H25NO3. The first-order valence-electron chi connectivity index (χ1n) is 8.04. The fourth-order valence-corrected chi connectivity index (χ4v) is 2.58.